The second-order valence-electron chi connectivity index (χ2n) is 0.433. The SMILES string of the molecule is O=C([O][Ta])[O][Ta]. The van der Waals surface area contributed by atoms with Gasteiger partial charge in [0.15, 0.2) is 0 Å². The fraction of sp³-hybridized carbons (Fsp3) is 0. The average molecular weight is 422 g/mol. The maximum atomic E-state index is 9.79. The summed E-state index contributed by atoms with van der Waals surface area (Å²) in [5.41, 5.74) is 0. The Kier molecular flexibility index (Phi) is 4.42. The molecule has 0 atom stereocenters. The Morgan fingerprint density at radius 2 is 1.67 bits per heavy atom. The van der Waals surface area contributed by atoms with E-state index in [1.807, 2.05) is 0 Å². The van der Waals surface area contributed by atoms with Crippen LogP contribution in [0.1, 0.15) is 0 Å². The molecule has 0 spiro atoms. The fourth-order valence-electron chi connectivity index (χ4n) is 0.0167. The van der Waals surface area contributed by atoms with E-state index in [0.29, 0.717) is 42.9 Å². The Morgan fingerprint density at radius 1 is 1.33 bits per heavy atom. The molecule has 0 heterocycles. The molecule has 3 nitrogen and oxygen atoms in total. The third-order valence-corrected chi connectivity index (χ3v) is 1.22. The monoisotopic (exact) mass is 422 g/mol. The van der Waals surface area contributed by atoms with Crippen molar-refractivity contribution in [1.82, 2.24) is 0 Å². The van der Waals surface area contributed by atoms with Gasteiger partial charge in [0.2, 0.25) is 0 Å². The molecule has 0 unspecified atom stereocenters. The average Bonchev–Trinajstić information content (AvgIpc) is 1.65. The first-order chi connectivity index (χ1) is 2.81. The molecule has 0 rings (SSSR count). The molecule has 6 heavy (non-hydrogen) atoms. The van der Waals surface area contributed by atoms with Gasteiger partial charge in [-0.3, -0.25) is 0 Å². The fourth-order valence-corrected chi connectivity index (χ4v) is 1.12. The molecule has 0 fully saturated rings. The first-order valence-electron chi connectivity index (χ1n) is 0.978. The van der Waals surface area contributed by atoms with E-state index < -0.39 is 6.16 Å². The molecule has 0 amide bonds. The zero-order chi connectivity index (χ0) is 4.99. The molecule has 32 valence electrons. The molecular weight excluding hydrogens is 422 g/mol. The van der Waals surface area contributed by atoms with Crippen LogP contribution in [0.15, 0.2) is 0 Å². The van der Waals surface area contributed by atoms with E-state index in [1.165, 1.54) is 0 Å². The molecule has 0 saturated carbocycles. The van der Waals surface area contributed by atoms with Gasteiger partial charge in [0.25, 0.3) is 0 Å². The van der Waals surface area contributed by atoms with Gasteiger partial charge in [-0.25, -0.2) is 0 Å². The van der Waals surface area contributed by atoms with Gasteiger partial charge in [0.05, 0.1) is 0 Å². The van der Waals surface area contributed by atoms with Gasteiger partial charge < -0.3 is 0 Å². The summed E-state index contributed by atoms with van der Waals surface area (Å²) in [4.78, 5) is 9.79. The predicted molar refractivity (Wildman–Crippen MR) is 7.57 cm³/mol. The van der Waals surface area contributed by atoms with E-state index in [1.54, 1.807) is 0 Å². The molecule has 0 bridgehead atoms. The number of hydrogen-bond donors (Lipinski definition) is 0. The van der Waals surface area contributed by atoms with E-state index >= 15 is 0 Å². The molecule has 5 heteroatoms. The number of rotatable bonds is 0. The van der Waals surface area contributed by atoms with E-state index in [4.69, 9.17) is 0 Å². The summed E-state index contributed by atoms with van der Waals surface area (Å²) in [6.45, 7) is 0. The van der Waals surface area contributed by atoms with Gasteiger partial charge in [0.1, 0.15) is 0 Å². The summed E-state index contributed by atoms with van der Waals surface area (Å²) in [5, 5.41) is 0. The summed E-state index contributed by atoms with van der Waals surface area (Å²) < 4.78 is 8.35. The van der Waals surface area contributed by atoms with Crippen molar-refractivity contribution in [1.29, 1.82) is 0 Å². The van der Waals surface area contributed by atoms with Crippen molar-refractivity contribution in [2.75, 3.05) is 0 Å². The predicted octanol–water partition coefficient (Wildman–Crippen LogP) is 0.0632. The van der Waals surface area contributed by atoms with Gasteiger partial charge in [0, 0.05) is 0 Å². The molecular formula is CO3Ta2. The minimum absolute atomic E-state index is 0.559. The van der Waals surface area contributed by atoms with Crippen LogP contribution in [0.25, 0.3) is 0 Å². The van der Waals surface area contributed by atoms with Gasteiger partial charge in [-0.15, -0.1) is 0 Å². The molecule has 0 aromatic carbocycles. The second-order valence-corrected chi connectivity index (χ2v) is 1.74. The van der Waals surface area contributed by atoms with Crippen molar-refractivity contribution in [3.8, 4) is 0 Å². The summed E-state index contributed by atoms with van der Waals surface area (Å²) in [6.07, 6.45) is -0.559. The van der Waals surface area contributed by atoms with Crippen LogP contribution in [0.2, 0.25) is 0 Å². The third kappa shape index (κ3) is 2.96. The van der Waals surface area contributed by atoms with Crippen LogP contribution in [0.4, 0.5) is 4.79 Å². The van der Waals surface area contributed by atoms with Gasteiger partial charge >= 0.3 is 60.4 Å². The van der Waals surface area contributed by atoms with Crippen LogP contribution >= 0.6 is 0 Å². The van der Waals surface area contributed by atoms with Crippen molar-refractivity contribution < 1.29 is 54.2 Å². The third-order valence-electron chi connectivity index (χ3n) is 0.149. The van der Waals surface area contributed by atoms with E-state index in [0.717, 1.165) is 0 Å². The minimum atomic E-state index is -0.559. The van der Waals surface area contributed by atoms with Crippen LogP contribution < -0.4 is 0 Å². The molecule has 0 aliphatic heterocycles. The van der Waals surface area contributed by atoms with Gasteiger partial charge in [-0.2, -0.15) is 0 Å². The Hall–Kier alpha value is 0.751. The van der Waals surface area contributed by atoms with Crippen molar-refractivity contribution in [3.63, 3.8) is 0 Å². The molecule has 0 aliphatic rings. The Morgan fingerprint density at radius 3 is 1.67 bits per heavy atom. The first-order valence-corrected chi connectivity index (χ1v) is 3.60. The Bertz CT molecular complexity index is 46.8. The van der Waals surface area contributed by atoms with Crippen LogP contribution in [0.3, 0.4) is 0 Å². The summed E-state index contributed by atoms with van der Waals surface area (Å²) in [6, 6.07) is 0. The van der Waals surface area contributed by atoms with E-state index in [2.05, 4.69) is 6.49 Å². The number of carbonyl (C=O) groups excluding carboxylic acids is 1. The van der Waals surface area contributed by atoms with Crippen LogP contribution in [0, 0.1) is 0 Å². The van der Waals surface area contributed by atoms with E-state index in [9.17, 15) is 4.79 Å². The number of hydrogen-bond acceptors (Lipinski definition) is 3. The molecule has 0 saturated heterocycles. The molecule has 0 aromatic heterocycles. The van der Waals surface area contributed by atoms with Gasteiger partial charge in [-0.05, 0) is 0 Å². The maximum absolute atomic E-state index is 9.79. The zero-order valence-corrected chi connectivity index (χ0v) is 9.05. The topological polar surface area (TPSA) is 35.5 Å². The van der Waals surface area contributed by atoms with E-state index in [-0.39, 0.29) is 0 Å². The Balaban J connectivity index is 2.99. The molecule has 0 N–H and O–H groups in total. The van der Waals surface area contributed by atoms with Crippen molar-refractivity contribution >= 4 is 6.16 Å². The van der Waals surface area contributed by atoms with Crippen LogP contribution in [-0.2, 0) is 49.4 Å². The Labute approximate surface area is 60.2 Å². The summed E-state index contributed by atoms with van der Waals surface area (Å²) in [7, 11) is 0. The van der Waals surface area contributed by atoms with Crippen molar-refractivity contribution in [2.24, 2.45) is 0 Å². The molecule has 0 aliphatic carbocycles. The van der Waals surface area contributed by atoms with Crippen molar-refractivity contribution in [2.45, 2.75) is 0 Å². The summed E-state index contributed by atoms with van der Waals surface area (Å²) >= 11 is 1.19. The summed E-state index contributed by atoms with van der Waals surface area (Å²) in [5.74, 6) is 0. The molecule has 0 radical (unpaired) electrons. The molecule has 0 aromatic rings. The first kappa shape index (κ1) is 6.75. The van der Waals surface area contributed by atoms with Crippen LogP contribution in [-0.4, -0.2) is 6.16 Å². The van der Waals surface area contributed by atoms with Crippen molar-refractivity contribution in [3.05, 3.63) is 0 Å². The zero-order valence-electron chi connectivity index (χ0n) is 2.62. The van der Waals surface area contributed by atoms with Gasteiger partial charge in [-0.1, -0.05) is 0 Å². The quantitative estimate of drug-likeness (QED) is 0.555. The second kappa shape index (κ2) is 3.92. The van der Waals surface area contributed by atoms with Crippen LogP contribution in [0.5, 0.6) is 0 Å². The number of carbonyl (C=O) groups is 1. The standard InChI is InChI=1S/CH2O3.2Ta/c2-1(3)4;;/h(H2,2,3,4);;/q;2*+1/p-2. The normalized spacial score (nSPS) is 6.67.